The van der Waals surface area contributed by atoms with Crippen molar-refractivity contribution >= 4 is 80.0 Å². The summed E-state index contributed by atoms with van der Waals surface area (Å²) in [6.45, 7) is 0. The van der Waals surface area contributed by atoms with Crippen LogP contribution in [0.4, 0.5) is 34.6 Å². The molecule has 0 fully saturated rings. The Morgan fingerprint density at radius 3 is 1.01 bits per heavy atom. The van der Waals surface area contributed by atoms with Crippen molar-refractivity contribution in [2.75, 3.05) is 9.80 Å². The Bertz CT molecular complexity index is 6170. The van der Waals surface area contributed by atoms with Crippen LogP contribution in [-0.4, -0.2) is 59.8 Å². The first kappa shape index (κ1) is 63.1. The van der Waals surface area contributed by atoms with Crippen molar-refractivity contribution in [1.29, 1.82) is 0 Å². The average molecular weight is 1460 g/mol. The zero-order chi connectivity index (χ0) is 71.3. The van der Waals surface area contributed by atoms with Gasteiger partial charge in [-0.3, -0.25) is 19.8 Å². The van der Waals surface area contributed by atoms with Crippen molar-refractivity contribution < 1.29 is 0 Å². The highest BCUT2D eigenvalue weighted by atomic mass is 32.1. The molecule has 8 aromatic carbocycles. The fraction of sp³-hybridized carbons (Fsp3) is 0.0222. The number of hydrogen-bond acceptors (Lipinski definition) is 18. The molecule has 18 heteroatoms. The Morgan fingerprint density at radius 2 is 0.583 bits per heavy atom. The van der Waals surface area contributed by atoms with Crippen LogP contribution in [0.2, 0.25) is 0 Å². The standard InChI is InChI=1S/C51H31N7S2.C39H23N7S2/c1-2-8-32(9-3-1)33-13-17-35(18-14-33)47-55-48(36-19-15-34(16-20-36)43-11-6-7-27-53-43)57-49(56-47)37-21-23-38(24-22-37)58-44-12-5-4-10-39(44)51(42-30-52-31-54-50(42)58)40-25-28-59-45(40)46-41(51)26-29-60-46;1-2-8-25(9-3-1)35-43-36(26-15-13-24(14-16-26)31-11-6-7-19-41-31)45-38(44-35)46-32-12-5-4-10-27(32)39(30-22-40-23-42-37(30)46)28-17-20-47-33(28)34-29(39)18-21-48-34/h1-31H;1-23H. The van der Waals surface area contributed by atoms with Gasteiger partial charge in [0, 0.05) is 100 Å². The van der Waals surface area contributed by atoms with E-state index in [-0.39, 0.29) is 0 Å². The van der Waals surface area contributed by atoms with Crippen molar-refractivity contribution in [3.63, 3.8) is 0 Å². The van der Waals surface area contributed by atoms with E-state index in [9.17, 15) is 0 Å². The van der Waals surface area contributed by atoms with Crippen molar-refractivity contribution in [2.24, 2.45) is 0 Å². The van der Waals surface area contributed by atoms with E-state index in [1.807, 2.05) is 126 Å². The summed E-state index contributed by atoms with van der Waals surface area (Å²) in [5, 5.41) is 8.80. The lowest BCUT2D eigenvalue weighted by Gasteiger charge is -2.43. The smallest absolute Gasteiger partial charge is 0.239 e. The summed E-state index contributed by atoms with van der Waals surface area (Å²) in [6.07, 6.45) is 10.9. The van der Waals surface area contributed by atoms with Gasteiger partial charge in [-0.25, -0.2) is 39.9 Å². The van der Waals surface area contributed by atoms with E-state index in [1.54, 1.807) is 41.5 Å². The maximum atomic E-state index is 5.17. The Labute approximate surface area is 636 Å². The van der Waals surface area contributed by atoms with E-state index in [4.69, 9.17) is 39.9 Å². The molecule has 22 rings (SSSR count). The predicted molar refractivity (Wildman–Crippen MR) is 433 cm³/mol. The first-order chi connectivity index (χ1) is 53.5. The van der Waals surface area contributed by atoms with Crippen LogP contribution in [0.3, 0.4) is 0 Å². The topological polar surface area (TPSA) is 161 Å². The second-order valence-corrected chi connectivity index (χ2v) is 30.1. The van der Waals surface area contributed by atoms with Gasteiger partial charge in [0.05, 0.1) is 33.6 Å². The molecule has 2 aliphatic heterocycles. The monoisotopic (exact) mass is 1460 g/mol. The molecular formula is C90H54N14S4. The molecule has 0 bridgehead atoms. The molecular weight excluding hydrogens is 1410 g/mol. The van der Waals surface area contributed by atoms with Crippen LogP contribution in [-0.2, 0) is 10.8 Å². The molecule has 12 heterocycles. The minimum absolute atomic E-state index is 0.490. The average Bonchev–Trinajstić information content (AvgIpc) is 1.49. The van der Waals surface area contributed by atoms with Crippen molar-refractivity contribution in [3.8, 4) is 110 Å². The fourth-order valence-electron chi connectivity index (χ4n) is 16.0. The van der Waals surface area contributed by atoms with Crippen LogP contribution >= 0.6 is 45.3 Å². The molecule has 18 aromatic rings. The Morgan fingerprint density at radius 1 is 0.250 bits per heavy atom. The second-order valence-electron chi connectivity index (χ2n) is 26.4. The maximum Gasteiger partial charge on any atom is 0.239 e. The third-order valence-corrected chi connectivity index (χ3v) is 24.7. The summed E-state index contributed by atoms with van der Waals surface area (Å²) in [4.78, 5) is 68.4. The fourth-order valence-corrected chi connectivity index (χ4v) is 20.2. The summed E-state index contributed by atoms with van der Waals surface area (Å²) in [6, 6.07) is 92.0. The molecule has 0 N–H and O–H groups in total. The Balaban J connectivity index is 0.000000141. The molecule has 10 aromatic heterocycles. The number of rotatable bonds is 10. The van der Waals surface area contributed by atoms with E-state index in [1.165, 1.54) is 47.3 Å². The first-order valence-electron chi connectivity index (χ1n) is 35.1. The highest BCUT2D eigenvalue weighted by Gasteiger charge is 2.56. The van der Waals surface area contributed by atoms with Crippen LogP contribution in [0.15, 0.2) is 326 Å². The predicted octanol–water partition coefficient (Wildman–Crippen LogP) is 22.0. The normalized spacial score (nSPS) is 13.3. The van der Waals surface area contributed by atoms with Gasteiger partial charge in [-0.05, 0) is 151 Å². The van der Waals surface area contributed by atoms with Gasteiger partial charge >= 0.3 is 0 Å². The number of thiophene rings is 4. The van der Waals surface area contributed by atoms with E-state index >= 15 is 0 Å². The van der Waals surface area contributed by atoms with E-state index in [0.717, 1.165) is 107 Å². The van der Waals surface area contributed by atoms with Gasteiger partial charge in [-0.15, -0.1) is 45.3 Å². The van der Waals surface area contributed by atoms with Gasteiger partial charge in [0.25, 0.3) is 0 Å². The molecule has 4 aliphatic rings. The summed E-state index contributed by atoms with van der Waals surface area (Å²) < 4.78 is 0. The number of fused-ring (bicyclic) bond motifs is 18. The highest BCUT2D eigenvalue weighted by Crippen LogP contribution is 2.67. The van der Waals surface area contributed by atoms with Gasteiger partial charge < -0.3 is 0 Å². The lowest BCUT2D eigenvalue weighted by Crippen LogP contribution is -2.37. The van der Waals surface area contributed by atoms with E-state index < -0.39 is 10.8 Å². The molecule has 0 radical (unpaired) electrons. The Kier molecular flexibility index (Phi) is 15.1. The number of aromatic nitrogens is 12. The number of hydrogen-bond donors (Lipinski definition) is 0. The van der Waals surface area contributed by atoms with Gasteiger partial charge in [0.15, 0.2) is 29.1 Å². The van der Waals surface area contributed by atoms with Crippen molar-refractivity contribution in [3.05, 3.63) is 370 Å². The first-order valence-corrected chi connectivity index (χ1v) is 38.7. The van der Waals surface area contributed by atoms with Gasteiger partial charge in [0.1, 0.15) is 24.3 Å². The maximum absolute atomic E-state index is 5.17. The van der Waals surface area contributed by atoms with Gasteiger partial charge in [0.2, 0.25) is 5.95 Å². The molecule has 0 unspecified atom stereocenters. The van der Waals surface area contributed by atoms with Gasteiger partial charge in [-0.1, -0.05) is 182 Å². The Hall–Kier alpha value is -13.4. The molecule has 508 valence electrons. The zero-order valence-electron chi connectivity index (χ0n) is 57.1. The molecule has 0 saturated carbocycles. The van der Waals surface area contributed by atoms with Crippen molar-refractivity contribution in [2.45, 2.75) is 10.8 Å². The van der Waals surface area contributed by atoms with E-state index in [2.05, 4.69) is 233 Å². The van der Waals surface area contributed by atoms with Crippen LogP contribution in [0.5, 0.6) is 0 Å². The zero-order valence-corrected chi connectivity index (χ0v) is 60.3. The molecule has 0 atom stereocenters. The van der Waals surface area contributed by atoms with Crippen LogP contribution in [0.1, 0.15) is 44.5 Å². The molecule has 108 heavy (non-hydrogen) atoms. The highest BCUT2D eigenvalue weighted by molar-refractivity contribution is 7.21. The summed E-state index contributed by atoms with van der Waals surface area (Å²) >= 11 is 7.20. The second kappa shape index (κ2) is 25.8. The van der Waals surface area contributed by atoms with Gasteiger partial charge in [-0.2, -0.15) is 9.97 Å². The lowest BCUT2D eigenvalue weighted by molar-refractivity contribution is 0.736. The molecule has 14 nitrogen and oxygen atoms in total. The van der Waals surface area contributed by atoms with Crippen LogP contribution in [0, 0.1) is 0 Å². The number of para-hydroxylation sites is 2. The largest absolute Gasteiger partial charge is 0.294 e. The van der Waals surface area contributed by atoms with E-state index in [0.29, 0.717) is 35.1 Å². The minimum Gasteiger partial charge on any atom is -0.294 e. The van der Waals surface area contributed by atoms with Crippen LogP contribution < -0.4 is 9.80 Å². The summed E-state index contributed by atoms with van der Waals surface area (Å²) in [7, 11) is 0. The molecule has 2 aliphatic carbocycles. The SMILES string of the molecule is c1ccc(-c2ccc(-c3nc(-c4ccc(-c5ccccn5)cc4)nc(-c4ccc(N5c6ccccc6C6(c7cncnc75)c5ccsc5-c5sccc56)cc4)n3)cc2)cc1.c1ccc(-c2nc(-c3ccc(-c4ccccn4)cc3)nc(N3c4ccccc4C4(c5cncnc53)c3ccsc3-c3sccc34)n2)cc1. The summed E-state index contributed by atoms with van der Waals surface area (Å²) in [5.74, 6) is 5.04. The van der Waals surface area contributed by atoms with Crippen molar-refractivity contribution in [1.82, 2.24) is 59.8 Å². The lowest BCUT2D eigenvalue weighted by atomic mass is 9.66. The third kappa shape index (κ3) is 10.0. The number of nitrogens with zero attached hydrogens (tertiary/aromatic N) is 14. The third-order valence-electron chi connectivity index (χ3n) is 20.7. The molecule has 0 saturated heterocycles. The summed E-state index contributed by atoms with van der Waals surface area (Å²) in [5.41, 5.74) is 22.2. The minimum atomic E-state index is -0.548. The molecule has 0 amide bonds. The number of benzene rings is 8. The number of anilines is 6. The van der Waals surface area contributed by atoms with Crippen LogP contribution in [0.25, 0.3) is 110 Å². The number of pyridine rings is 2. The molecule has 2 spiro atoms. The quantitative estimate of drug-likeness (QED) is 0.127.